The first kappa shape index (κ1) is 23.9. The Morgan fingerprint density at radius 3 is 2.50 bits per heavy atom. The minimum Gasteiger partial charge on any atom is -0.478 e. The summed E-state index contributed by atoms with van der Waals surface area (Å²) in [5.41, 5.74) is 5.22. The molecule has 190 valence electrons. The van der Waals surface area contributed by atoms with E-state index in [1.54, 1.807) is 33.1 Å². The number of anilines is 1. The minimum atomic E-state index is -0.972. The summed E-state index contributed by atoms with van der Waals surface area (Å²) in [6.45, 7) is 8.04. The summed E-state index contributed by atoms with van der Waals surface area (Å²) in [4.78, 5) is 29.6. The topological polar surface area (TPSA) is 70.1 Å². The van der Waals surface area contributed by atoms with E-state index in [-0.39, 0.29) is 17.1 Å². The van der Waals surface area contributed by atoms with Crippen LogP contribution in [0.5, 0.6) is 0 Å². The normalized spacial score (nSPS) is 22.9. The minimum absolute atomic E-state index is 0.211. The molecule has 0 bridgehead atoms. The van der Waals surface area contributed by atoms with Gasteiger partial charge >= 0.3 is 12.1 Å². The van der Waals surface area contributed by atoms with Crippen LogP contribution in [0.15, 0.2) is 41.3 Å². The van der Waals surface area contributed by atoms with Crippen molar-refractivity contribution in [3.63, 3.8) is 0 Å². The molecule has 7 heteroatoms. The van der Waals surface area contributed by atoms with Crippen molar-refractivity contribution in [2.45, 2.75) is 74.3 Å². The second-order valence-electron chi connectivity index (χ2n) is 11.6. The lowest BCUT2D eigenvalue weighted by molar-refractivity contribution is -0.000995. The fourth-order valence-electron chi connectivity index (χ4n) is 5.95. The molecule has 1 amide bonds. The van der Waals surface area contributed by atoms with E-state index in [9.17, 15) is 9.59 Å². The Labute approximate surface area is 217 Å². The van der Waals surface area contributed by atoms with Gasteiger partial charge in [0, 0.05) is 43.1 Å². The van der Waals surface area contributed by atoms with Crippen molar-refractivity contribution in [1.29, 1.82) is 0 Å². The average Bonchev–Trinajstić information content (AvgIpc) is 3.65. The zero-order chi connectivity index (χ0) is 25.1. The van der Waals surface area contributed by atoms with Gasteiger partial charge in [0.05, 0.1) is 12.1 Å². The maximum Gasteiger partial charge on any atom is 0.415 e. The van der Waals surface area contributed by atoms with Crippen molar-refractivity contribution in [3.05, 3.63) is 58.7 Å². The van der Waals surface area contributed by atoms with Crippen molar-refractivity contribution >= 4 is 29.5 Å². The highest BCUT2D eigenvalue weighted by atomic mass is 32.2. The van der Waals surface area contributed by atoms with Gasteiger partial charge in [-0.15, -0.1) is 11.8 Å². The number of carbonyl (C=O) groups is 2. The molecular formula is C29H34N2O4S. The monoisotopic (exact) mass is 506 g/mol. The van der Waals surface area contributed by atoms with Crippen LogP contribution in [0.2, 0.25) is 0 Å². The number of hydrogen-bond acceptors (Lipinski definition) is 5. The van der Waals surface area contributed by atoms with Crippen molar-refractivity contribution < 1.29 is 19.4 Å². The summed E-state index contributed by atoms with van der Waals surface area (Å²) in [7, 11) is 0. The summed E-state index contributed by atoms with van der Waals surface area (Å²) in [5, 5.41) is 9.14. The number of benzene rings is 2. The van der Waals surface area contributed by atoms with E-state index in [2.05, 4.69) is 42.6 Å². The Morgan fingerprint density at radius 1 is 1.11 bits per heavy atom. The summed E-state index contributed by atoms with van der Waals surface area (Å²) >= 11 is 2.06. The second-order valence-corrected chi connectivity index (χ2v) is 12.7. The van der Waals surface area contributed by atoms with Crippen LogP contribution in [-0.2, 0) is 16.7 Å². The quantitative estimate of drug-likeness (QED) is 0.534. The van der Waals surface area contributed by atoms with Crippen molar-refractivity contribution in [3.8, 4) is 0 Å². The molecule has 0 unspecified atom stereocenters. The maximum atomic E-state index is 12.7. The fourth-order valence-corrected chi connectivity index (χ4v) is 7.65. The van der Waals surface area contributed by atoms with E-state index in [0.717, 1.165) is 38.4 Å². The molecule has 0 aromatic heterocycles. The highest BCUT2D eigenvalue weighted by molar-refractivity contribution is 7.99. The molecule has 1 saturated carbocycles. The van der Waals surface area contributed by atoms with Crippen LogP contribution in [0.25, 0.3) is 0 Å². The fraction of sp³-hybridized carbons (Fsp3) is 0.517. The summed E-state index contributed by atoms with van der Waals surface area (Å²) < 4.78 is 5.93. The lowest BCUT2D eigenvalue weighted by Crippen LogP contribution is -2.46. The van der Waals surface area contributed by atoms with Gasteiger partial charge in [0.2, 0.25) is 0 Å². The van der Waals surface area contributed by atoms with Gasteiger partial charge < -0.3 is 9.84 Å². The van der Waals surface area contributed by atoms with Crippen LogP contribution in [0.4, 0.5) is 10.5 Å². The number of aromatic carboxylic acids is 1. The molecule has 3 heterocycles. The predicted octanol–water partition coefficient (Wildman–Crippen LogP) is 6.03. The molecular weight excluding hydrogens is 472 g/mol. The molecule has 0 radical (unpaired) electrons. The number of fused-ring (bicyclic) bond motifs is 1. The first-order chi connectivity index (χ1) is 17.2. The number of amides is 1. The molecule has 1 aliphatic carbocycles. The number of thioether (sulfide) groups is 1. The number of carbonyl (C=O) groups excluding carboxylic acids is 1. The molecule has 6 nitrogen and oxygen atoms in total. The summed E-state index contributed by atoms with van der Waals surface area (Å²) in [6, 6.07) is 11.4. The number of carboxylic acid groups (broad SMARTS) is 1. The van der Waals surface area contributed by atoms with E-state index >= 15 is 0 Å². The largest absolute Gasteiger partial charge is 0.478 e. The van der Waals surface area contributed by atoms with Crippen molar-refractivity contribution in [2.24, 2.45) is 0 Å². The number of hydrogen-bond donors (Lipinski definition) is 1. The Hall–Kier alpha value is -2.51. The van der Waals surface area contributed by atoms with Gasteiger partial charge in [0.1, 0.15) is 5.60 Å². The van der Waals surface area contributed by atoms with Crippen LogP contribution in [0, 0.1) is 0 Å². The highest BCUT2D eigenvalue weighted by Gasteiger charge is 2.47. The van der Waals surface area contributed by atoms with Crippen LogP contribution in [-0.4, -0.2) is 53.1 Å². The zero-order valence-corrected chi connectivity index (χ0v) is 21.9. The highest BCUT2D eigenvalue weighted by Crippen LogP contribution is 2.51. The van der Waals surface area contributed by atoms with Crippen LogP contribution >= 0.6 is 11.8 Å². The first-order valence-corrected chi connectivity index (χ1v) is 14.1. The third kappa shape index (κ3) is 4.41. The molecule has 3 fully saturated rings. The van der Waals surface area contributed by atoms with E-state index in [1.165, 1.54) is 42.7 Å². The number of ether oxygens (including phenoxy) is 1. The van der Waals surface area contributed by atoms with Gasteiger partial charge in [-0.2, -0.15) is 0 Å². The van der Waals surface area contributed by atoms with E-state index < -0.39 is 11.6 Å². The zero-order valence-electron chi connectivity index (χ0n) is 21.1. The molecule has 36 heavy (non-hydrogen) atoms. The Morgan fingerprint density at radius 2 is 1.83 bits per heavy atom. The van der Waals surface area contributed by atoms with Gasteiger partial charge in [-0.25, -0.2) is 9.59 Å². The van der Waals surface area contributed by atoms with Crippen molar-refractivity contribution in [2.75, 3.05) is 30.3 Å². The van der Waals surface area contributed by atoms with Gasteiger partial charge in [-0.1, -0.05) is 26.0 Å². The molecule has 0 atom stereocenters. The number of carboxylic acids is 1. The molecule has 1 N–H and O–H groups in total. The van der Waals surface area contributed by atoms with E-state index in [0.29, 0.717) is 12.2 Å². The van der Waals surface area contributed by atoms with Gasteiger partial charge in [-0.05, 0) is 77.3 Å². The molecule has 2 saturated heterocycles. The molecule has 2 aromatic rings. The second kappa shape index (κ2) is 8.80. The SMILES string of the molecule is CC1(C)CCSc2c(C3CC3)cc(CN3CCC4(CC3)CN(c3ccc(C(=O)O)cc3)C(=O)O4)cc21. The first-order valence-electron chi connectivity index (χ1n) is 13.1. The Bertz CT molecular complexity index is 1200. The Kier molecular flexibility index (Phi) is 5.84. The number of piperidine rings is 1. The standard InChI is InChI=1S/C29H34N2O4S/c1-28(2)11-14-36-25-23(20-3-4-20)15-19(16-24(25)28)17-30-12-9-29(10-13-30)18-31(27(34)35-29)22-7-5-21(6-8-22)26(32)33/h5-8,15-16,20H,3-4,9-14,17-18H2,1-2H3,(H,32,33). The van der Waals surface area contributed by atoms with Crippen LogP contribution < -0.4 is 4.90 Å². The van der Waals surface area contributed by atoms with Crippen LogP contribution in [0.1, 0.15) is 78.9 Å². The van der Waals surface area contributed by atoms with E-state index in [4.69, 9.17) is 9.84 Å². The van der Waals surface area contributed by atoms with Gasteiger partial charge in [0.15, 0.2) is 0 Å². The number of likely N-dealkylation sites (tertiary alicyclic amines) is 1. The summed E-state index contributed by atoms with van der Waals surface area (Å²) in [6.07, 6.45) is 5.16. The number of rotatable bonds is 5. The average molecular weight is 507 g/mol. The third-order valence-electron chi connectivity index (χ3n) is 8.47. The van der Waals surface area contributed by atoms with Crippen molar-refractivity contribution in [1.82, 2.24) is 4.90 Å². The lowest BCUT2D eigenvalue weighted by Gasteiger charge is -2.38. The van der Waals surface area contributed by atoms with Gasteiger partial charge in [0.25, 0.3) is 0 Å². The molecule has 6 rings (SSSR count). The Balaban J connectivity index is 1.14. The lowest BCUT2D eigenvalue weighted by atomic mass is 9.79. The predicted molar refractivity (Wildman–Crippen MR) is 141 cm³/mol. The third-order valence-corrected chi connectivity index (χ3v) is 9.62. The molecule has 4 aliphatic rings. The van der Waals surface area contributed by atoms with Crippen LogP contribution in [0.3, 0.4) is 0 Å². The molecule has 1 spiro atoms. The molecule has 3 aliphatic heterocycles. The maximum absolute atomic E-state index is 12.7. The smallest absolute Gasteiger partial charge is 0.415 e. The molecule has 2 aromatic carbocycles. The van der Waals surface area contributed by atoms with E-state index in [1.807, 2.05) is 0 Å². The number of nitrogens with zero attached hydrogens (tertiary/aromatic N) is 2. The van der Waals surface area contributed by atoms with Gasteiger partial charge in [-0.3, -0.25) is 9.80 Å². The summed E-state index contributed by atoms with van der Waals surface area (Å²) in [5.74, 6) is 0.991.